The van der Waals surface area contributed by atoms with Crippen molar-refractivity contribution in [2.24, 2.45) is 0 Å². The van der Waals surface area contributed by atoms with E-state index >= 15 is 0 Å². The summed E-state index contributed by atoms with van der Waals surface area (Å²) in [5.41, 5.74) is 3.10. The summed E-state index contributed by atoms with van der Waals surface area (Å²) in [5, 5.41) is 3.50. The van der Waals surface area contributed by atoms with E-state index in [4.69, 9.17) is 4.42 Å². The molecule has 1 N–H and O–H groups in total. The second-order valence-corrected chi connectivity index (χ2v) is 5.66. The molecule has 1 saturated heterocycles. The zero-order valence-corrected chi connectivity index (χ0v) is 10.7. The van der Waals surface area contributed by atoms with Gasteiger partial charge in [-0.15, -0.1) is 0 Å². The van der Waals surface area contributed by atoms with E-state index < -0.39 is 0 Å². The molecule has 2 aromatic rings. The van der Waals surface area contributed by atoms with Gasteiger partial charge in [0.05, 0.1) is 0 Å². The Hall–Kier alpha value is -1.00. The van der Waals surface area contributed by atoms with Crippen molar-refractivity contribution in [1.29, 1.82) is 0 Å². The van der Waals surface area contributed by atoms with Crippen LogP contribution in [0.15, 0.2) is 22.6 Å². The number of hydrogen-bond donors (Lipinski definition) is 1. The highest BCUT2D eigenvalue weighted by molar-refractivity contribution is 7.99. The molecule has 90 valence electrons. The zero-order valence-electron chi connectivity index (χ0n) is 9.90. The molecule has 0 amide bonds. The Morgan fingerprint density at radius 3 is 3.29 bits per heavy atom. The van der Waals surface area contributed by atoms with Gasteiger partial charge in [0.1, 0.15) is 5.52 Å². The number of aromatic nitrogens is 1. The van der Waals surface area contributed by atoms with Gasteiger partial charge >= 0.3 is 0 Å². The molecular weight excluding hydrogens is 232 g/mol. The summed E-state index contributed by atoms with van der Waals surface area (Å²) in [6.45, 7) is 3.17. The van der Waals surface area contributed by atoms with E-state index in [2.05, 4.69) is 29.4 Å². The summed E-state index contributed by atoms with van der Waals surface area (Å²) in [6.07, 6.45) is 0.890. The molecule has 4 heteroatoms. The quantitative estimate of drug-likeness (QED) is 0.885. The van der Waals surface area contributed by atoms with Crippen LogP contribution in [0, 0.1) is 6.92 Å². The summed E-state index contributed by atoms with van der Waals surface area (Å²) in [5.74, 6) is 3.21. The lowest BCUT2D eigenvalue weighted by molar-refractivity contribution is 0.469. The number of nitrogens with zero attached hydrogens (tertiary/aromatic N) is 1. The van der Waals surface area contributed by atoms with Crippen molar-refractivity contribution >= 4 is 22.9 Å². The van der Waals surface area contributed by atoms with Crippen molar-refractivity contribution in [3.63, 3.8) is 0 Å². The van der Waals surface area contributed by atoms with E-state index in [0.717, 1.165) is 35.7 Å². The summed E-state index contributed by atoms with van der Waals surface area (Å²) >= 11 is 2.00. The minimum Gasteiger partial charge on any atom is -0.441 e. The highest BCUT2D eigenvalue weighted by Gasteiger charge is 2.16. The first-order chi connectivity index (χ1) is 8.31. The Bertz CT molecular complexity index is 517. The Morgan fingerprint density at radius 1 is 1.53 bits per heavy atom. The molecule has 1 unspecified atom stereocenters. The molecule has 1 fully saturated rings. The van der Waals surface area contributed by atoms with Gasteiger partial charge in [-0.25, -0.2) is 4.98 Å². The van der Waals surface area contributed by atoms with E-state index in [1.807, 2.05) is 17.8 Å². The fraction of sp³-hybridized carbons (Fsp3) is 0.462. The maximum absolute atomic E-state index is 5.77. The zero-order chi connectivity index (χ0) is 11.7. The number of oxazole rings is 1. The summed E-state index contributed by atoms with van der Waals surface area (Å²) in [7, 11) is 0. The highest BCUT2D eigenvalue weighted by atomic mass is 32.2. The molecule has 0 saturated carbocycles. The first kappa shape index (κ1) is 11.1. The summed E-state index contributed by atoms with van der Waals surface area (Å²) < 4.78 is 5.77. The number of rotatable bonds is 2. The number of thioether (sulfide) groups is 1. The lowest BCUT2D eigenvalue weighted by Crippen LogP contribution is -2.38. The maximum atomic E-state index is 5.77. The molecule has 1 aliphatic rings. The summed E-state index contributed by atoms with van der Waals surface area (Å²) in [6, 6.07) is 6.64. The fourth-order valence-corrected chi connectivity index (χ4v) is 3.08. The number of nitrogens with one attached hydrogen (secondary N) is 1. The van der Waals surface area contributed by atoms with Gasteiger partial charge in [0.2, 0.25) is 0 Å². The Kier molecular flexibility index (Phi) is 3.07. The van der Waals surface area contributed by atoms with Crippen molar-refractivity contribution in [3.8, 4) is 0 Å². The van der Waals surface area contributed by atoms with Gasteiger partial charge < -0.3 is 9.73 Å². The fourth-order valence-electron chi connectivity index (χ4n) is 2.13. The average Bonchev–Trinajstić information content (AvgIpc) is 2.71. The van der Waals surface area contributed by atoms with Gasteiger partial charge in [0.25, 0.3) is 0 Å². The predicted octanol–water partition coefficient (Wildman–Crippen LogP) is 2.38. The third-order valence-electron chi connectivity index (χ3n) is 3.01. The summed E-state index contributed by atoms with van der Waals surface area (Å²) in [4.78, 5) is 4.55. The van der Waals surface area contributed by atoms with Crippen LogP contribution in [-0.2, 0) is 6.42 Å². The molecular formula is C13H16N2OS. The van der Waals surface area contributed by atoms with E-state index in [1.165, 1.54) is 11.3 Å². The van der Waals surface area contributed by atoms with Gasteiger partial charge in [0, 0.05) is 30.5 Å². The van der Waals surface area contributed by atoms with Crippen LogP contribution in [0.25, 0.3) is 11.1 Å². The monoisotopic (exact) mass is 248 g/mol. The molecule has 3 rings (SSSR count). The maximum Gasteiger partial charge on any atom is 0.197 e. The van der Waals surface area contributed by atoms with Crippen LogP contribution in [-0.4, -0.2) is 29.1 Å². The van der Waals surface area contributed by atoms with Crippen LogP contribution >= 0.6 is 11.8 Å². The molecule has 0 radical (unpaired) electrons. The molecule has 2 heterocycles. The van der Waals surface area contributed by atoms with Gasteiger partial charge in [-0.2, -0.15) is 11.8 Å². The average molecular weight is 248 g/mol. The first-order valence-corrected chi connectivity index (χ1v) is 7.14. The van der Waals surface area contributed by atoms with Crippen molar-refractivity contribution in [1.82, 2.24) is 10.3 Å². The number of hydrogen-bond acceptors (Lipinski definition) is 4. The van der Waals surface area contributed by atoms with Crippen molar-refractivity contribution < 1.29 is 4.42 Å². The number of fused-ring (bicyclic) bond motifs is 1. The third-order valence-corrected chi connectivity index (χ3v) is 4.14. The van der Waals surface area contributed by atoms with Gasteiger partial charge in [-0.1, -0.05) is 6.07 Å². The Labute approximate surface area is 105 Å². The SMILES string of the molecule is Cc1ccc2oc(CC3CSCCN3)nc2c1. The smallest absolute Gasteiger partial charge is 0.197 e. The third kappa shape index (κ3) is 2.48. The van der Waals surface area contributed by atoms with Crippen LogP contribution in [0.3, 0.4) is 0 Å². The van der Waals surface area contributed by atoms with Crippen molar-refractivity contribution in [2.75, 3.05) is 18.1 Å². The Morgan fingerprint density at radius 2 is 2.47 bits per heavy atom. The first-order valence-electron chi connectivity index (χ1n) is 5.98. The number of aryl methyl sites for hydroxylation is 1. The largest absolute Gasteiger partial charge is 0.441 e. The molecule has 1 aromatic heterocycles. The minimum atomic E-state index is 0.503. The molecule has 0 spiro atoms. The standard InChI is InChI=1S/C13H16N2OS/c1-9-2-3-12-11(6-9)15-13(16-12)7-10-8-17-5-4-14-10/h2-3,6,10,14H,4-5,7-8H2,1H3. The Balaban J connectivity index is 1.80. The van der Waals surface area contributed by atoms with E-state index in [-0.39, 0.29) is 0 Å². The molecule has 1 atom stereocenters. The van der Waals surface area contributed by atoms with E-state index in [1.54, 1.807) is 0 Å². The minimum absolute atomic E-state index is 0.503. The predicted molar refractivity (Wildman–Crippen MR) is 71.6 cm³/mol. The molecule has 1 aliphatic heterocycles. The molecule has 1 aromatic carbocycles. The van der Waals surface area contributed by atoms with Gasteiger partial charge in [-0.3, -0.25) is 0 Å². The van der Waals surface area contributed by atoms with Crippen molar-refractivity contribution in [3.05, 3.63) is 29.7 Å². The van der Waals surface area contributed by atoms with Crippen LogP contribution in [0.5, 0.6) is 0 Å². The van der Waals surface area contributed by atoms with Crippen LogP contribution < -0.4 is 5.32 Å². The van der Waals surface area contributed by atoms with Crippen LogP contribution in [0.4, 0.5) is 0 Å². The highest BCUT2D eigenvalue weighted by Crippen LogP contribution is 2.19. The lowest BCUT2D eigenvalue weighted by atomic mass is 10.2. The number of benzene rings is 1. The second-order valence-electron chi connectivity index (χ2n) is 4.51. The van der Waals surface area contributed by atoms with Gasteiger partial charge in [-0.05, 0) is 24.6 Å². The lowest BCUT2D eigenvalue weighted by Gasteiger charge is -2.21. The normalized spacial score (nSPS) is 20.9. The topological polar surface area (TPSA) is 38.1 Å². The molecule has 3 nitrogen and oxygen atoms in total. The van der Waals surface area contributed by atoms with Gasteiger partial charge in [0.15, 0.2) is 11.5 Å². The second kappa shape index (κ2) is 4.70. The molecule has 0 bridgehead atoms. The van der Waals surface area contributed by atoms with Crippen molar-refractivity contribution in [2.45, 2.75) is 19.4 Å². The molecule has 0 aliphatic carbocycles. The van der Waals surface area contributed by atoms with Crippen LogP contribution in [0.2, 0.25) is 0 Å². The molecule has 17 heavy (non-hydrogen) atoms. The van der Waals surface area contributed by atoms with E-state index in [0.29, 0.717) is 6.04 Å². The van der Waals surface area contributed by atoms with Crippen LogP contribution in [0.1, 0.15) is 11.5 Å². The van der Waals surface area contributed by atoms with E-state index in [9.17, 15) is 0 Å².